The minimum absolute atomic E-state index is 0.656. The number of benzene rings is 2. The predicted molar refractivity (Wildman–Crippen MR) is 98.0 cm³/mol. The fraction of sp³-hybridized carbons (Fsp3) is 0.381. The maximum atomic E-state index is 6.22. The molecule has 0 aromatic heterocycles. The highest BCUT2D eigenvalue weighted by Gasteiger charge is 2.13. The van der Waals surface area contributed by atoms with Crippen LogP contribution >= 0.6 is 11.6 Å². The first-order valence-electron chi connectivity index (χ1n) is 8.51. The van der Waals surface area contributed by atoms with Gasteiger partial charge in [0.15, 0.2) is 0 Å². The summed E-state index contributed by atoms with van der Waals surface area (Å²) in [6, 6.07) is 14.8. The van der Waals surface area contributed by atoms with Gasteiger partial charge in [-0.1, -0.05) is 54.8 Å². The van der Waals surface area contributed by atoms with Crippen LogP contribution in [0.25, 0.3) is 11.1 Å². The average molecular weight is 328 g/mol. The molecule has 0 unspecified atom stereocenters. The second-order valence-electron chi connectivity index (χ2n) is 6.39. The molecule has 0 spiro atoms. The van der Waals surface area contributed by atoms with Crippen molar-refractivity contribution in [2.75, 3.05) is 7.11 Å². The molecule has 3 rings (SSSR count). The Bertz CT molecular complexity index is 627. The number of methoxy groups -OCH3 is 1. The van der Waals surface area contributed by atoms with Gasteiger partial charge in [-0.15, -0.1) is 0 Å². The molecule has 121 valence electrons. The molecule has 0 bridgehead atoms. The lowest BCUT2D eigenvalue weighted by atomic mass is 9.85. The van der Waals surface area contributed by atoms with Crippen molar-refractivity contribution in [2.24, 2.45) is 5.92 Å². The summed E-state index contributed by atoms with van der Waals surface area (Å²) in [6.07, 6.45) is 10.3. The number of halogens is 1. The smallest absolute Gasteiger partial charge is 0.137 e. The Balaban J connectivity index is 1.63. The molecule has 0 amide bonds. The van der Waals surface area contributed by atoms with Crippen LogP contribution in [0.4, 0.5) is 0 Å². The van der Waals surface area contributed by atoms with Crippen LogP contribution in [0.3, 0.4) is 0 Å². The number of rotatable bonds is 5. The van der Waals surface area contributed by atoms with E-state index in [1.807, 2.05) is 12.1 Å². The predicted octanol–water partition coefficient (Wildman–Crippen LogP) is 6.34. The molecule has 1 fully saturated rings. The van der Waals surface area contributed by atoms with E-state index >= 15 is 0 Å². The Morgan fingerprint density at radius 1 is 1.00 bits per heavy atom. The Morgan fingerprint density at radius 3 is 2.35 bits per heavy atom. The van der Waals surface area contributed by atoms with E-state index in [-0.39, 0.29) is 0 Å². The van der Waals surface area contributed by atoms with Gasteiger partial charge in [0.1, 0.15) is 5.75 Å². The second kappa shape index (κ2) is 7.88. The Labute approximate surface area is 144 Å². The van der Waals surface area contributed by atoms with Crippen molar-refractivity contribution in [2.45, 2.75) is 38.5 Å². The van der Waals surface area contributed by atoms with Gasteiger partial charge in [-0.2, -0.15) is 0 Å². The first kappa shape index (κ1) is 16.4. The van der Waals surface area contributed by atoms with Crippen molar-refractivity contribution in [3.8, 4) is 16.9 Å². The Kier molecular flexibility index (Phi) is 5.61. The molecule has 0 N–H and O–H groups in total. The van der Waals surface area contributed by atoms with Gasteiger partial charge in [-0.25, -0.2) is 0 Å². The van der Waals surface area contributed by atoms with Crippen molar-refractivity contribution >= 4 is 11.6 Å². The van der Waals surface area contributed by atoms with Crippen LogP contribution < -0.4 is 4.74 Å². The van der Waals surface area contributed by atoms with Crippen molar-refractivity contribution in [3.63, 3.8) is 0 Å². The van der Waals surface area contributed by atoms with Gasteiger partial charge in [-0.05, 0) is 66.8 Å². The van der Waals surface area contributed by atoms with Gasteiger partial charge < -0.3 is 4.74 Å². The van der Waals surface area contributed by atoms with Crippen LogP contribution in [0.5, 0.6) is 5.75 Å². The largest absolute Gasteiger partial charge is 0.495 e. The maximum absolute atomic E-state index is 6.22. The van der Waals surface area contributed by atoms with Crippen LogP contribution in [0.15, 0.2) is 42.5 Å². The summed E-state index contributed by atoms with van der Waals surface area (Å²) < 4.78 is 5.21. The standard InChI is InChI=1S/C21H24ClO/c1-23-21-14-13-19(15-20(21)22)18-11-9-17(10-12-18)8-7-16-5-3-2-4-6-16/h2,9-16H,3-8H2,1H3. The zero-order chi connectivity index (χ0) is 16.1. The minimum Gasteiger partial charge on any atom is -0.495 e. The molecule has 2 heteroatoms. The highest BCUT2D eigenvalue weighted by molar-refractivity contribution is 6.32. The van der Waals surface area contributed by atoms with E-state index in [0.717, 1.165) is 17.2 Å². The molecule has 1 radical (unpaired) electrons. The number of hydrogen-bond acceptors (Lipinski definition) is 1. The van der Waals surface area contributed by atoms with Gasteiger partial charge in [0.05, 0.1) is 12.1 Å². The monoisotopic (exact) mass is 327 g/mol. The number of aryl methyl sites for hydroxylation is 1. The lowest BCUT2D eigenvalue weighted by Gasteiger charge is -2.21. The lowest BCUT2D eigenvalue weighted by molar-refractivity contribution is 0.381. The van der Waals surface area contributed by atoms with E-state index in [0.29, 0.717) is 5.02 Å². The van der Waals surface area contributed by atoms with Gasteiger partial charge in [0, 0.05) is 0 Å². The molecule has 1 nitrogen and oxygen atoms in total. The quantitative estimate of drug-likeness (QED) is 0.622. The molecule has 2 aromatic carbocycles. The van der Waals surface area contributed by atoms with Crippen molar-refractivity contribution < 1.29 is 4.74 Å². The zero-order valence-electron chi connectivity index (χ0n) is 13.7. The molecule has 0 saturated heterocycles. The van der Waals surface area contributed by atoms with E-state index < -0.39 is 0 Å². The van der Waals surface area contributed by atoms with Gasteiger partial charge in [0.2, 0.25) is 0 Å². The summed E-state index contributed by atoms with van der Waals surface area (Å²) in [7, 11) is 1.64. The summed E-state index contributed by atoms with van der Waals surface area (Å²) in [4.78, 5) is 0. The molecule has 0 aliphatic heterocycles. The molecular formula is C21H24ClO. The molecule has 0 heterocycles. The highest BCUT2D eigenvalue weighted by Crippen LogP contribution is 2.31. The average Bonchev–Trinajstić information content (AvgIpc) is 2.61. The molecule has 23 heavy (non-hydrogen) atoms. The fourth-order valence-corrected chi connectivity index (χ4v) is 3.62. The van der Waals surface area contributed by atoms with Crippen molar-refractivity contribution in [3.05, 3.63) is 59.5 Å². The Morgan fingerprint density at radius 2 is 1.70 bits per heavy atom. The van der Waals surface area contributed by atoms with E-state index in [1.54, 1.807) is 7.11 Å². The van der Waals surface area contributed by atoms with Crippen LogP contribution in [0.1, 0.15) is 37.7 Å². The minimum atomic E-state index is 0.656. The van der Waals surface area contributed by atoms with Crippen molar-refractivity contribution in [1.29, 1.82) is 0 Å². The maximum Gasteiger partial charge on any atom is 0.137 e. The van der Waals surface area contributed by atoms with Gasteiger partial charge in [-0.3, -0.25) is 0 Å². The second-order valence-corrected chi connectivity index (χ2v) is 6.80. The molecular weight excluding hydrogens is 304 g/mol. The topological polar surface area (TPSA) is 9.23 Å². The molecule has 1 aliphatic rings. The third kappa shape index (κ3) is 4.29. The summed E-state index contributed by atoms with van der Waals surface area (Å²) >= 11 is 6.22. The first-order chi connectivity index (χ1) is 11.3. The Hall–Kier alpha value is -1.47. The summed E-state index contributed by atoms with van der Waals surface area (Å²) in [5.74, 6) is 1.64. The van der Waals surface area contributed by atoms with Gasteiger partial charge >= 0.3 is 0 Å². The number of hydrogen-bond donors (Lipinski definition) is 0. The third-order valence-electron chi connectivity index (χ3n) is 4.84. The summed E-state index contributed by atoms with van der Waals surface area (Å²) in [5, 5.41) is 0.656. The zero-order valence-corrected chi connectivity index (χ0v) is 14.5. The van der Waals surface area contributed by atoms with E-state index in [4.69, 9.17) is 16.3 Å². The van der Waals surface area contributed by atoms with E-state index in [1.165, 1.54) is 49.7 Å². The van der Waals surface area contributed by atoms with E-state index in [2.05, 4.69) is 36.8 Å². The third-order valence-corrected chi connectivity index (χ3v) is 5.13. The van der Waals surface area contributed by atoms with E-state index in [9.17, 15) is 0 Å². The first-order valence-corrected chi connectivity index (χ1v) is 8.88. The van der Waals surface area contributed by atoms with Crippen LogP contribution in [-0.2, 0) is 6.42 Å². The SMILES string of the molecule is COc1ccc(-c2ccc(CCC3CC[CH]CC3)cc2)cc1Cl. The molecule has 0 atom stereocenters. The van der Waals surface area contributed by atoms with Crippen LogP contribution in [0, 0.1) is 12.3 Å². The molecule has 2 aromatic rings. The molecule has 1 aliphatic carbocycles. The summed E-state index contributed by atoms with van der Waals surface area (Å²) in [6.45, 7) is 0. The van der Waals surface area contributed by atoms with Crippen LogP contribution in [-0.4, -0.2) is 7.11 Å². The molecule has 1 saturated carbocycles. The van der Waals surface area contributed by atoms with Crippen LogP contribution in [0.2, 0.25) is 5.02 Å². The summed E-state index contributed by atoms with van der Waals surface area (Å²) in [5.41, 5.74) is 3.76. The normalized spacial score (nSPS) is 15.6. The number of ether oxygens (including phenoxy) is 1. The van der Waals surface area contributed by atoms with Gasteiger partial charge in [0.25, 0.3) is 0 Å². The highest BCUT2D eigenvalue weighted by atomic mass is 35.5. The lowest BCUT2D eigenvalue weighted by Crippen LogP contribution is -2.07. The fourth-order valence-electron chi connectivity index (χ4n) is 3.37. The van der Waals surface area contributed by atoms with Crippen molar-refractivity contribution in [1.82, 2.24) is 0 Å².